The lowest BCUT2D eigenvalue weighted by atomic mass is 10.0. The van der Waals surface area contributed by atoms with Crippen molar-refractivity contribution in [3.8, 4) is 0 Å². The smallest absolute Gasteiger partial charge is 0.325 e. The molecule has 9 heteroatoms. The lowest BCUT2D eigenvalue weighted by molar-refractivity contribution is -0.138. The van der Waals surface area contributed by atoms with E-state index in [2.05, 4.69) is 15.3 Å². The molecule has 0 bridgehead atoms. The van der Waals surface area contributed by atoms with Crippen molar-refractivity contribution in [1.82, 2.24) is 25.1 Å². The van der Waals surface area contributed by atoms with Gasteiger partial charge in [-0.2, -0.15) is 0 Å². The summed E-state index contributed by atoms with van der Waals surface area (Å²) in [5.74, 6) is -0.941. The molecule has 4 amide bonds. The lowest BCUT2D eigenvalue weighted by Gasteiger charge is -2.20. The van der Waals surface area contributed by atoms with Gasteiger partial charge in [0.25, 0.3) is 5.91 Å². The van der Waals surface area contributed by atoms with E-state index in [1.54, 1.807) is 32.4 Å². The van der Waals surface area contributed by atoms with Crippen LogP contribution in [0, 0.1) is 5.92 Å². The van der Waals surface area contributed by atoms with Gasteiger partial charge in [-0.15, -0.1) is 0 Å². The Balaban J connectivity index is 1.60. The summed E-state index contributed by atoms with van der Waals surface area (Å²) in [7, 11) is 0. The van der Waals surface area contributed by atoms with Crippen LogP contribution >= 0.6 is 0 Å². The molecule has 2 saturated heterocycles. The van der Waals surface area contributed by atoms with Crippen LogP contribution in [0.15, 0.2) is 18.6 Å². The summed E-state index contributed by atoms with van der Waals surface area (Å²) >= 11 is 0. The summed E-state index contributed by atoms with van der Waals surface area (Å²) in [5.41, 5.74) is -0.257. The van der Waals surface area contributed by atoms with Gasteiger partial charge < -0.3 is 15.3 Å². The number of aliphatic hydroxyl groups excluding tert-OH is 1. The molecule has 3 rings (SSSR count). The fourth-order valence-electron chi connectivity index (χ4n) is 3.16. The van der Waals surface area contributed by atoms with Crippen molar-refractivity contribution in [2.24, 2.45) is 5.92 Å². The van der Waals surface area contributed by atoms with E-state index >= 15 is 0 Å². The molecule has 9 nitrogen and oxygen atoms in total. The largest absolute Gasteiger partial charge is 0.391 e. The second-order valence-corrected chi connectivity index (χ2v) is 6.97. The standard InChI is InChI=1S/C16H21N5O4/c1-16(2)14(24)21(15(25)19-16)9-13(23)20-7-10(12(22)8-20)5-11-6-17-3-4-18-11/h3-4,6,10,12,22H,5,7-9H2,1-2H3,(H,19,25)/t10-,12-/m1/s1. The van der Waals surface area contributed by atoms with E-state index in [-0.39, 0.29) is 24.9 Å². The van der Waals surface area contributed by atoms with Crippen LogP contribution in [0.3, 0.4) is 0 Å². The van der Waals surface area contributed by atoms with Crippen LogP contribution in [0.2, 0.25) is 0 Å². The van der Waals surface area contributed by atoms with E-state index in [0.717, 1.165) is 10.6 Å². The van der Waals surface area contributed by atoms with Gasteiger partial charge >= 0.3 is 6.03 Å². The van der Waals surface area contributed by atoms with Crippen molar-refractivity contribution >= 4 is 17.8 Å². The van der Waals surface area contributed by atoms with Crippen molar-refractivity contribution in [3.63, 3.8) is 0 Å². The predicted octanol–water partition coefficient (Wildman–Crippen LogP) is -0.831. The van der Waals surface area contributed by atoms with E-state index < -0.39 is 23.6 Å². The summed E-state index contributed by atoms with van der Waals surface area (Å²) in [6.07, 6.45) is 4.62. The van der Waals surface area contributed by atoms with E-state index in [1.165, 1.54) is 4.90 Å². The number of aliphatic hydroxyl groups is 1. The third-order valence-electron chi connectivity index (χ3n) is 4.58. The first-order valence-corrected chi connectivity index (χ1v) is 8.13. The van der Waals surface area contributed by atoms with Crippen LogP contribution in [0.5, 0.6) is 0 Å². The molecule has 2 N–H and O–H groups in total. The predicted molar refractivity (Wildman–Crippen MR) is 86.1 cm³/mol. The van der Waals surface area contributed by atoms with Crippen LogP contribution in [0.1, 0.15) is 19.5 Å². The average Bonchev–Trinajstić information content (AvgIpc) is 3.01. The molecular weight excluding hydrogens is 326 g/mol. The molecule has 2 atom stereocenters. The van der Waals surface area contributed by atoms with Gasteiger partial charge in [0, 0.05) is 37.6 Å². The molecule has 2 aliphatic rings. The van der Waals surface area contributed by atoms with E-state index in [9.17, 15) is 19.5 Å². The first-order valence-electron chi connectivity index (χ1n) is 8.13. The summed E-state index contributed by atoms with van der Waals surface area (Å²) < 4.78 is 0. The van der Waals surface area contributed by atoms with Crippen LogP contribution < -0.4 is 5.32 Å². The number of nitrogens with zero attached hydrogens (tertiary/aromatic N) is 4. The monoisotopic (exact) mass is 347 g/mol. The number of carbonyl (C=O) groups excluding carboxylic acids is 3. The molecule has 134 valence electrons. The van der Waals surface area contributed by atoms with Crippen molar-refractivity contribution in [1.29, 1.82) is 0 Å². The minimum absolute atomic E-state index is 0.153. The molecule has 1 aromatic rings. The zero-order chi connectivity index (χ0) is 18.2. The van der Waals surface area contributed by atoms with Crippen LogP contribution in [-0.4, -0.2) is 74.0 Å². The fraction of sp³-hybridized carbons (Fsp3) is 0.562. The molecule has 1 aromatic heterocycles. The molecule has 0 spiro atoms. The Kier molecular flexibility index (Phi) is 4.42. The van der Waals surface area contributed by atoms with Gasteiger partial charge in [-0.25, -0.2) is 4.79 Å². The number of β-amino-alcohol motifs (C(OH)–C–C–N with tert-alkyl or cyclic N) is 1. The number of urea groups is 1. The molecule has 0 saturated carbocycles. The van der Waals surface area contributed by atoms with Crippen molar-refractivity contribution < 1.29 is 19.5 Å². The second kappa shape index (κ2) is 6.40. The number of nitrogens with one attached hydrogen (secondary N) is 1. The average molecular weight is 347 g/mol. The summed E-state index contributed by atoms with van der Waals surface area (Å²) in [6, 6.07) is -0.570. The highest BCUT2D eigenvalue weighted by Crippen LogP contribution is 2.22. The Bertz CT molecular complexity index is 693. The van der Waals surface area contributed by atoms with Crippen LogP contribution in [0.25, 0.3) is 0 Å². The number of carbonyl (C=O) groups is 3. The zero-order valence-corrected chi connectivity index (χ0v) is 14.2. The Labute approximate surface area is 145 Å². The van der Waals surface area contributed by atoms with E-state index in [1.807, 2.05) is 0 Å². The molecule has 3 heterocycles. The summed E-state index contributed by atoms with van der Waals surface area (Å²) in [6.45, 7) is 3.39. The van der Waals surface area contributed by atoms with Crippen LogP contribution in [-0.2, 0) is 16.0 Å². The van der Waals surface area contributed by atoms with Crippen molar-refractivity contribution in [3.05, 3.63) is 24.3 Å². The van der Waals surface area contributed by atoms with Gasteiger partial charge in [0.05, 0.1) is 11.8 Å². The number of aromatic nitrogens is 2. The van der Waals surface area contributed by atoms with Gasteiger partial charge in [-0.05, 0) is 20.3 Å². The van der Waals surface area contributed by atoms with Gasteiger partial charge in [0.15, 0.2) is 0 Å². The van der Waals surface area contributed by atoms with Crippen molar-refractivity contribution in [2.45, 2.75) is 31.9 Å². The van der Waals surface area contributed by atoms with Gasteiger partial charge in [-0.3, -0.25) is 24.5 Å². The highest BCUT2D eigenvalue weighted by Gasteiger charge is 2.46. The maximum Gasteiger partial charge on any atom is 0.325 e. The highest BCUT2D eigenvalue weighted by molar-refractivity contribution is 6.08. The first-order chi connectivity index (χ1) is 11.8. The lowest BCUT2D eigenvalue weighted by Crippen LogP contribution is -2.44. The van der Waals surface area contributed by atoms with E-state index in [0.29, 0.717) is 13.0 Å². The molecule has 0 unspecified atom stereocenters. The summed E-state index contributed by atoms with van der Waals surface area (Å²) in [5, 5.41) is 12.8. The highest BCUT2D eigenvalue weighted by atomic mass is 16.3. The minimum atomic E-state index is -1.00. The Hall–Kier alpha value is -2.55. The normalized spacial score (nSPS) is 25.4. The summed E-state index contributed by atoms with van der Waals surface area (Å²) in [4.78, 5) is 47.1. The molecule has 0 radical (unpaired) electrons. The Morgan fingerprint density at radius 1 is 1.36 bits per heavy atom. The number of imide groups is 1. The maximum absolute atomic E-state index is 12.5. The number of rotatable bonds is 4. The fourth-order valence-corrected chi connectivity index (χ4v) is 3.16. The Morgan fingerprint density at radius 2 is 2.12 bits per heavy atom. The van der Waals surface area contributed by atoms with Gasteiger partial charge in [0.2, 0.25) is 5.91 Å². The first kappa shape index (κ1) is 17.3. The topological polar surface area (TPSA) is 116 Å². The number of hydrogen-bond donors (Lipinski definition) is 2. The molecule has 0 aromatic carbocycles. The molecule has 2 aliphatic heterocycles. The Morgan fingerprint density at radius 3 is 2.72 bits per heavy atom. The molecule has 25 heavy (non-hydrogen) atoms. The van der Waals surface area contributed by atoms with Gasteiger partial charge in [0.1, 0.15) is 12.1 Å². The third kappa shape index (κ3) is 3.46. The zero-order valence-electron chi connectivity index (χ0n) is 14.2. The molecular formula is C16H21N5O4. The maximum atomic E-state index is 12.5. The number of hydrogen-bond acceptors (Lipinski definition) is 6. The van der Waals surface area contributed by atoms with Crippen molar-refractivity contribution in [2.75, 3.05) is 19.6 Å². The quantitative estimate of drug-likeness (QED) is 0.687. The number of likely N-dealkylation sites (tertiary alicyclic amines) is 1. The number of amides is 4. The minimum Gasteiger partial charge on any atom is -0.391 e. The molecule has 2 fully saturated rings. The van der Waals surface area contributed by atoms with E-state index in [4.69, 9.17) is 0 Å². The van der Waals surface area contributed by atoms with Gasteiger partial charge in [-0.1, -0.05) is 0 Å². The SMILES string of the molecule is CC1(C)NC(=O)N(CC(=O)N2C[C@@H](Cc3cnccn3)[C@H](O)C2)C1=O. The van der Waals surface area contributed by atoms with Crippen LogP contribution in [0.4, 0.5) is 4.79 Å². The third-order valence-corrected chi connectivity index (χ3v) is 4.58. The second-order valence-electron chi connectivity index (χ2n) is 6.97. The molecule has 0 aliphatic carbocycles.